The van der Waals surface area contributed by atoms with Crippen LogP contribution in [0.4, 0.5) is 0 Å². The lowest BCUT2D eigenvalue weighted by atomic mass is 10.1. The van der Waals surface area contributed by atoms with Crippen LogP contribution in [0.15, 0.2) is 23.8 Å². The van der Waals surface area contributed by atoms with E-state index < -0.39 is 0 Å². The molecule has 0 bridgehead atoms. The highest BCUT2D eigenvalue weighted by Crippen LogP contribution is 2.28. The lowest BCUT2D eigenvalue weighted by molar-refractivity contribution is 0.330. The molecule has 0 aliphatic carbocycles. The van der Waals surface area contributed by atoms with Crippen molar-refractivity contribution in [2.24, 2.45) is 0 Å². The van der Waals surface area contributed by atoms with Gasteiger partial charge >= 0.3 is 0 Å². The lowest BCUT2D eigenvalue weighted by Gasteiger charge is -2.25. The molecule has 1 aromatic heterocycles. The quantitative estimate of drug-likeness (QED) is 0.940. The summed E-state index contributed by atoms with van der Waals surface area (Å²) in [6.45, 7) is 4.27. The van der Waals surface area contributed by atoms with E-state index in [4.69, 9.17) is 16.3 Å². The number of ether oxygens (including phenoxy) is 1. The molecule has 2 aliphatic heterocycles. The van der Waals surface area contributed by atoms with Gasteiger partial charge in [-0.1, -0.05) is 11.6 Å². The third-order valence-electron chi connectivity index (χ3n) is 4.33. The van der Waals surface area contributed by atoms with Crippen LogP contribution in [-0.2, 0) is 13.0 Å². The molecule has 0 unspecified atom stereocenters. The number of nitrogens with zero attached hydrogens (tertiary/aromatic N) is 3. The standard InChI is InChI=1S/C17H19ClN4O/c1-11-20-17-5-3-15(9-22(17)21-11)19-8-12-6-13-7-14(18)2-4-16(13)23-10-12/h2,4,6-7,15,19H,3,5,8-10H2,1H3/t15-/m0/s1. The van der Waals surface area contributed by atoms with Crippen LogP contribution < -0.4 is 10.1 Å². The number of hydrogen-bond acceptors (Lipinski definition) is 4. The van der Waals surface area contributed by atoms with Gasteiger partial charge < -0.3 is 10.1 Å². The number of nitrogens with one attached hydrogen (secondary N) is 1. The molecule has 3 heterocycles. The SMILES string of the molecule is Cc1nc2n(n1)C[C@@H](NCC1=Cc3cc(Cl)ccc3OC1)CC2. The second kappa shape index (κ2) is 5.98. The highest BCUT2D eigenvalue weighted by molar-refractivity contribution is 6.30. The van der Waals surface area contributed by atoms with Gasteiger partial charge in [-0.15, -0.1) is 0 Å². The van der Waals surface area contributed by atoms with Crippen molar-refractivity contribution in [3.8, 4) is 5.75 Å². The predicted octanol–water partition coefficient (Wildman–Crippen LogP) is 2.62. The van der Waals surface area contributed by atoms with Crippen molar-refractivity contribution in [3.63, 3.8) is 0 Å². The Bertz CT molecular complexity index is 768. The van der Waals surface area contributed by atoms with Crippen LogP contribution in [0, 0.1) is 6.92 Å². The van der Waals surface area contributed by atoms with Gasteiger partial charge in [0.15, 0.2) is 0 Å². The summed E-state index contributed by atoms with van der Waals surface area (Å²) >= 11 is 6.06. The van der Waals surface area contributed by atoms with Gasteiger partial charge in [0.05, 0.1) is 6.54 Å². The van der Waals surface area contributed by atoms with Gasteiger partial charge in [-0.05, 0) is 43.2 Å². The van der Waals surface area contributed by atoms with Crippen LogP contribution in [0.25, 0.3) is 6.08 Å². The first-order valence-corrected chi connectivity index (χ1v) is 8.31. The number of fused-ring (bicyclic) bond motifs is 2. The lowest BCUT2D eigenvalue weighted by Crippen LogP contribution is -2.39. The van der Waals surface area contributed by atoms with E-state index in [9.17, 15) is 0 Å². The molecule has 2 aromatic rings. The van der Waals surface area contributed by atoms with Crippen molar-refractivity contribution in [1.82, 2.24) is 20.1 Å². The van der Waals surface area contributed by atoms with Crippen LogP contribution in [0.1, 0.15) is 23.6 Å². The molecule has 0 radical (unpaired) electrons. The van der Waals surface area contributed by atoms with E-state index >= 15 is 0 Å². The molecule has 0 amide bonds. The van der Waals surface area contributed by atoms with Gasteiger partial charge in [0, 0.05) is 29.6 Å². The smallest absolute Gasteiger partial charge is 0.147 e. The summed E-state index contributed by atoms with van der Waals surface area (Å²) in [4.78, 5) is 4.45. The van der Waals surface area contributed by atoms with E-state index in [-0.39, 0.29) is 0 Å². The highest BCUT2D eigenvalue weighted by atomic mass is 35.5. The summed E-state index contributed by atoms with van der Waals surface area (Å²) < 4.78 is 7.82. The summed E-state index contributed by atoms with van der Waals surface area (Å²) in [5.74, 6) is 2.86. The molecule has 0 spiro atoms. The minimum absolute atomic E-state index is 0.422. The van der Waals surface area contributed by atoms with Gasteiger partial charge in [-0.2, -0.15) is 5.10 Å². The van der Waals surface area contributed by atoms with Gasteiger partial charge in [-0.25, -0.2) is 9.67 Å². The van der Waals surface area contributed by atoms with Crippen molar-refractivity contribution >= 4 is 17.7 Å². The third-order valence-corrected chi connectivity index (χ3v) is 4.56. The maximum absolute atomic E-state index is 6.06. The van der Waals surface area contributed by atoms with Crippen molar-refractivity contribution in [3.05, 3.63) is 46.0 Å². The molecule has 1 aromatic carbocycles. The van der Waals surface area contributed by atoms with Crippen molar-refractivity contribution in [1.29, 1.82) is 0 Å². The maximum Gasteiger partial charge on any atom is 0.147 e. The molecule has 23 heavy (non-hydrogen) atoms. The van der Waals surface area contributed by atoms with Crippen LogP contribution in [0.2, 0.25) is 5.02 Å². The first-order chi connectivity index (χ1) is 11.2. The molecule has 2 aliphatic rings. The topological polar surface area (TPSA) is 52.0 Å². The molecule has 0 fully saturated rings. The summed E-state index contributed by atoms with van der Waals surface area (Å²) in [5.41, 5.74) is 2.29. The Labute approximate surface area is 140 Å². The van der Waals surface area contributed by atoms with E-state index in [0.717, 1.165) is 53.9 Å². The molecule has 4 rings (SSSR count). The molecule has 0 saturated heterocycles. The van der Waals surface area contributed by atoms with E-state index in [1.54, 1.807) is 0 Å². The first kappa shape index (κ1) is 14.7. The van der Waals surface area contributed by atoms with E-state index in [2.05, 4.69) is 21.5 Å². The number of halogens is 1. The fourth-order valence-corrected chi connectivity index (χ4v) is 3.35. The minimum atomic E-state index is 0.422. The fraction of sp³-hybridized carbons (Fsp3) is 0.412. The van der Waals surface area contributed by atoms with Crippen molar-refractivity contribution in [2.45, 2.75) is 32.4 Å². The second-order valence-corrected chi connectivity index (χ2v) is 6.58. The van der Waals surface area contributed by atoms with E-state index in [1.807, 2.05) is 29.8 Å². The van der Waals surface area contributed by atoms with Gasteiger partial charge in [0.1, 0.15) is 24.0 Å². The largest absolute Gasteiger partial charge is 0.489 e. The maximum atomic E-state index is 6.06. The number of benzene rings is 1. The molecule has 0 saturated carbocycles. The number of aromatic nitrogens is 3. The average Bonchev–Trinajstić information content (AvgIpc) is 2.91. The number of aryl methyl sites for hydroxylation is 2. The summed E-state index contributed by atoms with van der Waals surface area (Å²) in [6, 6.07) is 6.15. The molecular formula is C17H19ClN4O. The highest BCUT2D eigenvalue weighted by Gasteiger charge is 2.21. The monoisotopic (exact) mass is 330 g/mol. The van der Waals surface area contributed by atoms with Crippen molar-refractivity contribution < 1.29 is 4.74 Å². The molecule has 6 heteroatoms. The first-order valence-electron chi connectivity index (χ1n) is 7.93. The molecule has 5 nitrogen and oxygen atoms in total. The van der Waals surface area contributed by atoms with Gasteiger partial charge in [0.2, 0.25) is 0 Å². The predicted molar refractivity (Wildman–Crippen MR) is 89.8 cm³/mol. The van der Waals surface area contributed by atoms with Crippen LogP contribution >= 0.6 is 11.6 Å². The Balaban J connectivity index is 1.40. The molecule has 120 valence electrons. The number of rotatable bonds is 3. The van der Waals surface area contributed by atoms with Gasteiger partial charge in [0.25, 0.3) is 0 Å². The average molecular weight is 331 g/mol. The van der Waals surface area contributed by atoms with Gasteiger partial charge in [-0.3, -0.25) is 0 Å². The summed E-state index contributed by atoms with van der Waals surface area (Å²) in [7, 11) is 0. The van der Waals surface area contributed by atoms with Crippen LogP contribution in [0.5, 0.6) is 5.75 Å². The van der Waals surface area contributed by atoms with Crippen molar-refractivity contribution in [2.75, 3.05) is 13.2 Å². The van der Waals surface area contributed by atoms with Crippen LogP contribution in [-0.4, -0.2) is 34.0 Å². The normalized spacial score (nSPS) is 19.6. The molecule has 1 atom stereocenters. The zero-order valence-corrected chi connectivity index (χ0v) is 13.8. The zero-order chi connectivity index (χ0) is 15.8. The fourth-order valence-electron chi connectivity index (χ4n) is 3.17. The Morgan fingerprint density at radius 3 is 3.26 bits per heavy atom. The number of hydrogen-bond donors (Lipinski definition) is 1. The third kappa shape index (κ3) is 3.12. The second-order valence-electron chi connectivity index (χ2n) is 6.15. The Morgan fingerprint density at radius 1 is 1.43 bits per heavy atom. The molecular weight excluding hydrogens is 312 g/mol. The van der Waals surface area contributed by atoms with E-state index in [1.165, 1.54) is 5.57 Å². The Morgan fingerprint density at radius 2 is 2.35 bits per heavy atom. The Hall–Kier alpha value is -1.85. The van der Waals surface area contributed by atoms with E-state index in [0.29, 0.717) is 12.6 Å². The molecule has 1 N–H and O–H groups in total. The van der Waals surface area contributed by atoms with Crippen LogP contribution in [0.3, 0.4) is 0 Å². The Kier molecular flexibility index (Phi) is 3.83. The minimum Gasteiger partial charge on any atom is -0.489 e. The zero-order valence-electron chi connectivity index (χ0n) is 13.1. The summed E-state index contributed by atoms with van der Waals surface area (Å²) in [6.07, 6.45) is 4.24. The summed E-state index contributed by atoms with van der Waals surface area (Å²) in [5, 5.41) is 8.80.